The first kappa shape index (κ1) is 19.2. The zero-order valence-corrected chi connectivity index (χ0v) is 16.3. The van der Waals surface area contributed by atoms with Crippen LogP contribution in [0.25, 0.3) is 0 Å². The van der Waals surface area contributed by atoms with Crippen molar-refractivity contribution in [3.63, 3.8) is 0 Å². The summed E-state index contributed by atoms with van der Waals surface area (Å²) in [6.45, 7) is 2.27. The molecule has 0 heterocycles. The molecule has 0 unspecified atom stereocenters. The highest BCUT2D eigenvalue weighted by atomic mass is 32.2. The van der Waals surface area contributed by atoms with Crippen LogP contribution in [0.2, 0.25) is 0 Å². The fourth-order valence-electron chi connectivity index (χ4n) is 2.46. The summed E-state index contributed by atoms with van der Waals surface area (Å²) in [5, 5.41) is 0. The highest BCUT2D eigenvalue weighted by Gasteiger charge is 2.03. The summed E-state index contributed by atoms with van der Waals surface area (Å²) in [6, 6.07) is 21.4. The molecular weight excluding hydrogens is 328 g/mol. The predicted molar refractivity (Wildman–Crippen MR) is 111 cm³/mol. The maximum atomic E-state index is 2.43. The molecule has 0 fully saturated rings. The Labute approximate surface area is 156 Å². The van der Waals surface area contributed by atoms with Crippen molar-refractivity contribution in [3.8, 4) is 0 Å². The molecule has 0 aliphatic rings. The van der Waals surface area contributed by atoms with Crippen LogP contribution in [-0.4, -0.2) is 0 Å². The summed E-state index contributed by atoms with van der Waals surface area (Å²) in [4.78, 5) is 2.63. The number of unbranched alkanes of at least 4 members (excludes halogenated alkanes) is 6. The van der Waals surface area contributed by atoms with Crippen LogP contribution >= 0.6 is 23.5 Å². The number of allylic oxidation sites excluding steroid dienone is 1. The van der Waals surface area contributed by atoms with Gasteiger partial charge in [-0.15, -0.1) is 0 Å². The van der Waals surface area contributed by atoms with Crippen LogP contribution in [0.15, 0.2) is 80.8 Å². The van der Waals surface area contributed by atoms with E-state index in [1.165, 1.54) is 59.0 Å². The fraction of sp³-hybridized carbons (Fsp3) is 0.364. The third kappa shape index (κ3) is 8.12. The summed E-state index contributed by atoms with van der Waals surface area (Å²) >= 11 is 3.76. The number of benzene rings is 2. The van der Waals surface area contributed by atoms with Gasteiger partial charge in [-0.1, -0.05) is 105 Å². The summed E-state index contributed by atoms with van der Waals surface area (Å²) in [6.07, 6.45) is 11.8. The quantitative estimate of drug-likeness (QED) is 0.294. The molecule has 24 heavy (non-hydrogen) atoms. The Hall–Kier alpha value is -1.12. The van der Waals surface area contributed by atoms with Crippen molar-refractivity contribution in [2.24, 2.45) is 0 Å². The number of hydrogen-bond donors (Lipinski definition) is 0. The zero-order valence-electron chi connectivity index (χ0n) is 14.6. The standard InChI is InChI=1S/C22H28S2/c1-2-3-4-5-6-7-14-19-22(23-20-15-10-8-11-16-20)24-21-17-12-9-13-18-21/h8-13,15-19H,2-7,14H2,1H3. The molecule has 0 amide bonds. The third-order valence-electron chi connectivity index (χ3n) is 3.79. The smallest absolute Gasteiger partial charge is 0.0458 e. The Bertz CT molecular complexity index is 532. The molecule has 128 valence electrons. The molecule has 2 heteroatoms. The van der Waals surface area contributed by atoms with E-state index in [2.05, 4.69) is 73.7 Å². The van der Waals surface area contributed by atoms with E-state index in [9.17, 15) is 0 Å². The molecule has 0 bridgehead atoms. The zero-order chi connectivity index (χ0) is 16.9. The van der Waals surface area contributed by atoms with Crippen LogP contribution in [-0.2, 0) is 0 Å². The number of hydrogen-bond acceptors (Lipinski definition) is 2. The average Bonchev–Trinajstić information content (AvgIpc) is 2.62. The lowest BCUT2D eigenvalue weighted by atomic mass is 10.1. The Morgan fingerprint density at radius 3 is 1.75 bits per heavy atom. The molecule has 0 saturated carbocycles. The van der Waals surface area contributed by atoms with Crippen molar-refractivity contribution < 1.29 is 0 Å². The summed E-state index contributed by atoms with van der Waals surface area (Å²) < 4.78 is 1.39. The Morgan fingerprint density at radius 2 is 1.21 bits per heavy atom. The van der Waals surface area contributed by atoms with E-state index in [0.29, 0.717) is 0 Å². The van der Waals surface area contributed by atoms with Crippen LogP contribution in [0.4, 0.5) is 0 Å². The molecule has 0 N–H and O–H groups in total. The van der Waals surface area contributed by atoms with Gasteiger partial charge < -0.3 is 0 Å². The molecular formula is C22H28S2. The van der Waals surface area contributed by atoms with Crippen molar-refractivity contribution in [1.29, 1.82) is 0 Å². The molecule has 0 aromatic heterocycles. The summed E-state index contributed by atoms with van der Waals surface area (Å²) in [7, 11) is 0. The van der Waals surface area contributed by atoms with E-state index in [-0.39, 0.29) is 0 Å². The summed E-state index contributed by atoms with van der Waals surface area (Å²) in [5.41, 5.74) is 0. The van der Waals surface area contributed by atoms with Crippen LogP contribution in [0.3, 0.4) is 0 Å². The lowest BCUT2D eigenvalue weighted by molar-refractivity contribution is 0.611. The van der Waals surface area contributed by atoms with Gasteiger partial charge in [0.05, 0.1) is 0 Å². The van der Waals surface area contributed by atoms with Crippen LogP contribution in [0.5, 0.6) is 0 Å². The van der Waals surface area contributed by atoms with Crippen LogP contribution in [0, 0.1) is 0 Å². The molecule has 0 spiro atoms. The maximum absolute atomic E-state index is 2.43. The molecule has 2 aromatic rings. The van der Waals surface area contributed by atoms with E-state index in [0.717, 1.165) is 0 Å². The topological polar surface area (TPSA) is 0 Å². The monoisotopic (exact) mass is 356 g/mol. The van der Waals surface area contributed by atoms with E-state index in [1.54, 1.807) is 0 Å². The van der Waals surface area contributed by atoms with Gasteiger partial charge in [0.25, 0.3) is 0 Å². The van der Waals surface area contributed by atoms with Gasteiger partial charge in [-0.05, 0) is 37.1 Å². The van der Waals surface area contributed by atoms with E-state index in [4.69, 9.17) is 0 Å². The second kappa shape index (κ2) is 12.3. The van der Waals surface area contributed by atoms with E-state index in [1.807, 2.05) is 23.5 Å². The number of rotatable bonds is 11. The maximum Gasteiger partial charge on any atom is 0.0458 e. The minimum atomic E-state index is 1.18. The molecule has 0 saturated heterocycles. The lowest BCUT2D eigenvalue weighted by Crippen LogP contribution is -1.80. The molecule has 2 aromatic carbocycles. The van der Waals surface area contributed by atoms with Gasteiger partial charge in [0.15, 0.2) is 0 Å². The van der Waals surface area contributed by atoms with Crippen molar-refractivity contribution in [1.82, 2.24) is 0 Å². The first-order chi connectivity index (χ1) is 11.9. The van der Waals surface area contributed by atoms with E-state index >= 15 is 0 Å². The van der Waals surface area contributed by atoms with Crippen molar-refractivity contribution >= 4 is 23.5 Å². The fourth-order valence-corrected chi connectivity index (χ4v) is 4.66. The minimum absolute atomic E-state index is 1.18. The second-order valence-corrected chi connectivity index (χ2v) is 8.40. The van der Waals surface area contributed by atoms with E-state index < -0.39 is 0 Å². The number of thioether (sulfide) groups is 2. The van der Waals surface area contributed by atoms with Crippen LogP contribution in [0.1, 0.15) is 51.9 Å². The Morgan fingerprint density at radius 1 is 0.708 bits per heavy atom. The molecule has 0 radical (unpaired) electrons. The molecule has 0 nitrogen and oxygen atoms in total. The first-order valence-corrected chi connectivity index (χ1v) is 10.7. The third-order valence-corrected chi connectivity index (χ3v) is 6.04. The summed E-state index contributed by atoms with van der Waals surface area (Å²) in [5.74, 6) is 0. The molecule has 0 atom stereocenters. The minimum Gasteiger partial charge on any atom is -0.0831 e. The second-order valence-electron chi connectivity index (χ2n) is 5.91. The van der Waals surface area contributed by atoms with Gasteiger partial charge in [-0.25, -0.2) is 0 Å². The Balaban J connectivity index is 1.88. The molecule has 2 rings (SSSR count). The normalized spacial score (nSPS) is 10.5. The largest absolute Gasteiger partial charge is 0.0831 e. The predicted octanol–water partition coefficient (Wildman–Crippen LogP) is 8.16. The van der Waals surface area contributed by atoms with Gasteiger partial charge in [-0.2, -0.15) is 0 Å². The van der Waals surface area contributed by atoms with Gasteiger partial charge in [0, 0.05) is 14.0 Å². The molecule has 0 aliphatic heterocycles. The highest BCUT2D eigenvalue weighted by molar-refractivity contribution is 8.22. The van der Waals surface area contributed by atoms with Crippen molar-refractivity contribution in [2.45, 2.75) is 61.7 Å². The van der Waals surface area contributed by atoms with Crippen molar-refractivity contribution in [3.05, 3.63) is 71.0 Å². The SMILES string of the molecule is CCCCCCCCC=C(Sc1ccccc1)Sc1ccccc1. The van der Waals surface area contributed by atoms with Gasteiger partial charge >= 0.3 is 0 Å². The average molecular weight is 357 g/mol. The first-order valence-electron chi connectivity index (χ1n) is 9.04. The van der Waals surface area contributed by atoms with Gasteiger partial charge in [-0.3, -0.25) is 0 Å². The molecule has 0 aliphatic carbocycles. The highest BCUT2D eigenvalue weighted by Crippen LogP contribution is 2.39. The Kier molecular flexibility index (Phi) is 9.82. The van der Waals surface area contributed by atoms with Gasteiger partial charge in [0.2, 0.25) is 0 Å². The van der Waals surface area contributed by atoms with Gasteiger partial charge in [0.1, 0.15) is 0 Å². The van der Waals surface area contributed by atoms with Crippen LogP contribution < -0.4 is 0 Å². The lowest BCUT2D eigenvalue weighted by Gasteiger charge is -2.08. The van der Waals surface area contributed by atoms with Crippen molar-refractivity contribution in [2.75, 3.05) is 0 Å².